The first kappa shape index (κ1) is 13.5. The van der Waals surface area contributed by atoms with Crippen LogP contribution in [0.3, 0.4) is 0 Å². The van der Waals surface area contributed by atoms with Crippen molar-refractivity contribution in [1.29, 1.82) is 0 Å². The van der Waals surface area contributed by atoms with Gasteiger partial charge in [-0.15, -0.1) is 0 Å². The molecule has 7 heteroatoms. The van der Waals surface area contributed by atoms with Gasteiger partial charge in [-0.1, -0.05) is 11.8 Å². The lowest BCUT2D eigenvalue weighted by Gasteiger charge is -2.28. The topological polar surface area (TPSA) is 72.9 Å². The largest absolute Gasteiger partial charge is 0.481 e. The van der Waals surface area contributed by atoms with E-state index in [1.54, 1.807) is 0 Å². The monoisotopic (exact) mass is 294 g/mol. The predicted octanol–water partition coefficient (Wildman–Crippen LogP) is 2.46. The highest BCUT2D eigenvalue weighted by Gasteiger charge is 2.28. The van der Waals surface area contributed by atoms with Crippen LogP contribution in [0.15, 0.2) is 5.16 Å². The van der Waals surface area contributed by atoms with Crippen molar-refractivity contribution in [2.75, 3.05) is 5.75 Å². The molecular weight excluding hydrogens is 276 g/mol. The van der Waals surface area contributed by atoms with E-state index < -0.39 is 5.97 Å². The van der Waals surface area contributed by atoms with E-state index in [1.165, 1.54) is 18.2 Å². The summed E-state index contributed by atoms with van der Waals surface area (Å²) >= 11 is 1.30. The van der Waals surface area contributed by atoms with Crippen molar-refractivity contribution in [1.82, 2.24) is 19.3 Å². The summed E-state index contributed by atoms with van der Waals surface area (Å²) in [6, 6.07) is 0.442. The van der Waals surface area contributed by atoms with Crippen molar-refractivity contribution < 1.29 is 9.90 Å². The van der Waals surface area contributed by atoms with Crippen molar-refractivity contribution in [2.24, 2.45) is 0 Å². The lowest BCUT2D eigenvalue weighted by Crippen LogP contribution is -2.19. The SMILES string of the molecule is CCn1nc(C)c2nc(SCC(=O)O)n(C3CCC3)c21. The second-order valence-corrected chi connectivity index (χ2v) is 6.05. The number of carbonyl (C=O) groups is 1. The average molecular weight is 294 g/mol. The van der Waals surface area contributed by atoms with Gasteiger partial charge in [0.1, 0.15) is 5.52 Å². The lowest BCUT2D eigenvalue weighted by molar-refractivity contribution is -0.133. The quantitative estimate of drug-likeness (QED) is 0.858. The molecule has 3 rings (SSSR count). The van der Waals surface area contributed by atoms with E-state index >= 15 is 0 Å². The Labute approximate surface area is 121 Å². The number of carboxylic acids is 1. The molecule has 0 aliphatic heterocycles. The fraction of sp³-hybridized carbons (Fsp3) is 0.615. The van der Waals surface area contributed by atoms with E-state index in [0.717, 1.165) is 41.4 Å². The van der Waals surface area contributed by atoms with Gasteiger partial charge in [0.25, 0.3) is 0 Å². The molecule has 2 aromatic rings. The normalized spacial score (nSPS) is 15.7. The third-order valence-corrected chi connectivity index (χ3v) is 4.71. The second-order valence-electron chi connectivity index (χ2n) is 5.10. The molecule has 6 nitrogen and oxygen atoms in total. The molecule has 0 unspecified atom stereocenters. The first-order valence-electron chi connectivity index (χ1n) is 6.91. The van der Waals surface area contributed by atoms with Gasteiger partial charge in [0, 0.05) is 12.6 Å². The van der Waals surface area contributed by atoms with E-state index in [0.29, 0.717) is 6.04 Å². The van der Waals surface area contributed by atoms with Crippen LogP contribution in [-0.2, 0) is 11.3 Å². The molecule has 0 radical (unpaired) electrons. The van der Waals surface area contributed by atoms with Crippen LogP contribution in [0.4, 0.5) is 0 Å². The molecule has 0 saturated heterocycles. The van der Waals surface area contributed by atoms with Gasteiger partial charge in [-0.05, 0) is 33.1 Å². The second kappa shape index (κ2) is 5.12. The molecule has 0 aromatic carbocycles. The van der Waals surface area contributed by atoms with Gasteiger partial charge >= 0.3 is 5.97 Å². The number of rotatable bonds is 5. The van der Waals surface area contributed by atoms with Gasteiger partial charge in [0.05, 0.1) is 11.4 Å². The van der Waals surface area contributed by atoms with E-state index in [2.05, 4.69) is 21.6 Å². The number of carboxylic acid groups (broad SMARTS) is 1. The maximum Gasteiger partial charge on any atom is 0.313 e. The Morgan fingerprint density at radius 3 is 2.80 bits per heavy atom. The summed E-state index contributed by atoms with van der Waals surface area (Å²) in [4.78, 5) is 15.4. The summed E-state index contributed by atoms with van der Waals surface area (Å²) in [7, 11) is 0. The highest BCUT2D eigenvalue weighted by Crippen LogP contribution is 2.38. The highest BCUT2D eigenvalue weighted by molar-refractivity contribution is 7.99. The van der Waals surface area contributed by atoms with Gasteiger partial charge in [0.15, 0.2) is 10.8 Å². The number of fused-ring (bicyclic) bond motifs is 1. The minimum atomic E-state index is -0.809. The molecule has 1 aliphatic carbocycles. The molecule has 1 aliphatic rings. The standard InChI is InChI=1S/C13H18N4O2S/c1-3-16-12-11(8(2)15-16)14-13(20-7-10(18)19)17(12)9-5-4-6-9/h9H,3-7H2,1-2H3,(H,18,19). The average Bonchev–Trinajstić information content (AvgIpc) is 2.84. The number of imidazole rings is 1. The van der Waals surface area contributed by atoms with Crippen molar-refractivity contribution >= 4 is 28.9 Å². The molecule has 1 N–H and O–H groups in total. The zero-order valence-electron chi connectivity index (χ0n) is 11.7. The molecule has 0 amide bonds. The predicted molar refractivity (Wildman–Crippen MR) is 77.2 cm³/mol. The Balaban J connectivity index is 2.10. The molecule has 1 fully saturated rings. The van der Waals surface area contributed by atoms with Crippen LogP contribution >= 0.6 is 11.8 Å². The van der Waals surface area contributed by atoms with Gasteiger partial charge < -0.3 is 9.67 Å². The van der Waals surface area contributed by atoms with Crippen molar-refractivity contribution in [2.45, 2.75) is 50.9 Å². The Hall–Kier alpha value is -1.50. The van der Waals surface area contributed by atoms with E-state index in [-0.39, 0.29) is 5.75 Å². The molecule has 0 atom stereocenters. The fourth-order valence-electron chi connectivity index (χ4n) is 2.59. The summed E-state index contributed by atoms with van der Waals surface area (Å²) in [6.45, 7) is 4.82. The minimum Gasteiger partial charge on any atom is -0.481 e. The molecule has 108 valence electrons. The molecule has 0 bridgehead atoms. The summed E-state index contributed by atoms with van der Waals surface area (Å²) in [5.41, 5.74) is 2.87. The van der Waals surface area contributed by atoms with Crippen LogP contribution in [0, 0.1) is 6.92 Å². The number of thioether (sulfide) groups is 1. The molecular formula is C13H18N4O2S. The molecule has 20 heavy (non-hydrogen) atoms. The van der Waals surface area contributed by atoms with Crippen LogP contribution < -0.4 is 0 Å². The van der Waals surface area contributed by atoms with Gasteiger partial charge in [-0.2, -0.15) is 5.10 Å². The number of hydrogen-bond donors (Lipinski definition) is 1. The maximum atomic E-state index is 10.8. The van der Waals surface area contributed by atoms with Crippen LogP contribution in [0.25, 0.3) is 11.2 Å². The van der Waals surface area contributed by atoms with Crippen LogP contribution in [0.1, 0.15) is 37.9 Å². The summed E-state index contributed by atoms with van der Waals surface area (Å²) < 4.78 is 4.18. The molecule has 1 saturated carbocycles. The molecule has 2 aromatic heterocycles. The van der Waals surface area contributed by atoms with Crippen molar-refractivity contribution in [3.05, 3.63) is 5.69 Å². The first-order chi connectivity index (χ1) is 9.61. The van der Waals surface area contributed by atoms with Gasteiger partial charge in [-0.25, -0.2) is 9.67 Å². The third-order valence-electron chi connectivity index (χ3n) is 3.78. The van der Waals surface area contributed by atoms with Crippen molar-refractivity contribution in [3.63, 3.8) is 0 Å². The number of aromatic nitrogens is 4. The van der Waals surface area contributed by atoms with Gasteiger partial charge in [0.2, 0.25) is 0 Å². The van der Waals surface area contributed by atoms with E-state index in [1.807, 2.05) is 11.6 Å². The minimum absolute atomic E-state index is 0.0466. The number of aryl methyl sites for hydroxylation is 2. The maximum absolute atomic E-state index is 10.8. The van der Waals surface area contributed by atoms with Crippen LogP contribution in [0.5, 0.6) is 0 Å². The summed E-state index contributed by atoms with van der Waals surface area (Å²) in [6.07, 6.45) is 3.51. The smallest absolute Gasteiger partial charge is 0.313 e. The Morgan fingerprint density at radius 1 is 1.50 bits per heavy atom. The van der Waals surface area contributed by atoms with Crippen LogP contribution in [0.2, 0.25) is 0 Å². The number of aliphatic carboxylic acids is 1. The first-order valence-corrected chi connectivity index (χ1v) is 7.90. The molecule has 0 spiro atoms. The zero-order valence-corrected chi connectivity index (χ0v) is 12.5. The molecule has 2 heterocycles. The number of nitrogens with zero attached hydrogens (tertiary/aromatic N) is 4. The third kappa shape index (κ3) is 2.09. The number of hydrogen-bond acceptors (Lipinski definition) is 4. The Bertz CT molecular complexity index is 657. The summed E-state index contributed by atoms with van der Waals surface area (Å²) in [5.74, 6) is -0.763. The fourth-order valence-corrected chi connectivity index (χ4v) is 3.37. The zero-order chi connectivity index (χ0) is 14.3. The van der Waals surface area contributed by atoms with Crippen LogP contribution in [-0.4, -0.2) is 36.2 Å². The van der Waals surface area contributed by atoms with Crippen molar-refractivity contribution in [3.8, 4) is 0 Å². The summed E-state index contributed by atoms with van der Waals surface area (Å²) in [5, 5.41) is 14.2. The lowest BCUT2D eigenvalue weighted by atomic mass is 9.93. The van der Waals surface area contributed by atoms with E-state index in [9.17, 15) is 4.79 Å². The highest BCUT2D eigenvalue weighted by atomic mass is 32.2. The van der Waals surface area contributed by atoms with E-state index in [4.69, 9.17) is 5.11 Å². The van der Waals surface area contributed by atoms with Gasteiger partial charge in [-0.3, -0.25) is 4.79 Å². The Kier molecular flexibility index (Phi) is 3.45. The Morgan fingerprint density at radius 2 is 2.25 bits per heavy atom.